The summed E-state index contributed by atoms with van der Waals surface area (Å²) in [7, 11) is -3.98. The molecule has 0 bridgehead atoms. The van der Waals surface area contributed by atoms with Crippen molar-refractivity contribution in [3.05, 3.63) is 84.4 Å². The third-order valence-electron chi connectivity index (χ3n) is 5.32. The number of ether oxygens (including phenoxy) is 1. The lowest BCUT2D eigenvalue weighted by Gasteiger charge is -2.26. The fourth-order valence-corrected chi connectivity index (χ4v) is 5.37. The van der Waals surface area contributed by atoms with Crippen LogP contribution in [-0.4, -0.2) is 33.7 Å². The maximum absolute atomic E-state index is 13.6. The number of hydrogen-bond acceptors (Lipinski definition) is 5. The molecule has 0 aliphatic carbocycles. The standard InChI is InChI=1S/C26H30N2O4S2/c1-4-25(20-9-7-6-8-10-20)27-26(29)19-28(21-11-13-22(14-12-21)32-5-2)34(30,31)24-17-15-23(33-3)16-18-24/h6-18,25H,4-5,19H2,1-3H3,(H,27,29)/t25-/m0/s1. The molecule has 0 aliphatic heterocycles. The van der Waals surface area contributed by atoms with Gasteiger partial charge in [-0.2, -0.15) is 0 Å². The van der Waals surface area contributed by atoms with E-state index in [0.717, 1.165) is 14.8 Å². The van der Waals surface area contributed by atoms with Crippen molar-refractivity contribution in [3.8, 4) is 5.75 Å². The summed E-state index contributed by atoms with van der Waals surface area (Å²) in [6.07, 6.45) is 2.61. The van der Waals surface area contributed by atoms with Gasteiger partial charge in [-0.3, -0.25) is 9.10 Å². The Morgan fingerprint density at radius 3 is 2.18 bits per heavy atom. The monoisotopic (exact) mass is 498 g/mol. The predicted octanol–water partition coefficient (Wildman–Crippen LogP) is 5.27. The van der Waals surface area contributed by atoms with Crippen LogP contribution >= 0.6 is 11.8 Å². The molecule has 0 radical (unpaired) electrons. The Bertz CT molecular complexity index is 1170. The number of rotatable bonds is 11. The van der Waals surface area contributed by atoms with Crippen LogP contribution in [0.5, 0.6) is 5.75 Å². The Morgan fingerprint density at radius 1 is 0.971 bits per heavy atom. The Morgan fingerprint density at radius 2 is 1.62 bits per heavy atom. The Hall–Kier alpha value is -2.97. The molecule has 0 fully saturated rings. The summed E-state index contributed by atoms with van der Waals surface area (Å²) < 4.78 is 33.9. The van der Waals surface area contributed by atoms with Crippen LogP contribution in [0.15, 0.2) is 88.7 Å². The first kappa shape index (κ1) is 25.6. The van der Waals surface area contributed by atoms with E-state index < -0.39 is 10.0 Å². The van der Waals surface area contributed by atoms with Crippen molar-refractivity contribution in [3.63, 3.8) is 0 Å². The van der Waals surface area contributed by atoms with Gasteiger partial charge in [-0.1, -0.05) is 37.3 Å². The molecule has 0 unspecified atom stereocenters. The van der Waals surface area contributed by atoms with Crippen LogP contribution < -0.4 is 14.4 Å². The van der Waals surface area contributed by atoms with E-state index >= 15 is 0 Å². The molecule has 0 spiro atoms. The Kier molecular flexibility index (Phi) is 9.01. The number of nitrogens with zero attached hydrogens (tertiary/aromatic N) is 1. The van der Waals surface area contributed by atoms with Gasteiger partial charge in [0.05, 0.1) is 23.2 Å². The maximum atomic E-state index is 13.6. The van der Waals surface area contributed by atoms with E-state index in [0.29, 0.717) is 24.5 Å². The molecule has 8 heteroatoms. The highest BCUT2D eigenvalue weighted by atomic mass is 32.2. The molecule has 6 nitrogen and oxygen atoms in total. The molecule has 3 rings (SSSR count). The van der Waals surface area contributed by atoms with Gasteiger partial charge >= 0.3 is 0 Å². The molecule has 1 atom stereocenters. The van der Waals surface area contributed by atoms with Crippen LogP contribution in [0.25, 0.3) is 0 Å². The Balaban J connectivity index is 1.91. The van der Waals surface area contributed by atoms with Crippen molar-refractivity contribution in [2.75, 3.05) is 23.7 Å². The van der Waals surface area contributed by atoms with Gasteiger partial charge in [0.1, 0.15) is 12.3 Å². The first-order valence-corrected chi connectivity index (χ1v) is 13.8. The van der Waals surface area contributed by atoms with Gasteiger partial charge in [0.2, 0.25) is 5.91 Å². The lowest BCUT2D eigenvalue weighted by Crippen LogP contribution is -2.42. The zero-order valence-corrected chi connectivity index (χ0v) is 21.2. The summed E-state index contributed by atoms with van der Waals surface area (Å²) in [6.45, 7) is 4.02. The third kappa shape index (κ3) is 6.33. The van der Waals surface area contributed by atoms with E-state index in [-0.39, 0.29) is 23.4 Å². The van der Waals surface area contributed by atoms with Crippen molar-refractivity contribution >= 4 is 33.4 Å². The van der Waals surface area contributed by atoms with Gasteiger partial charge in [0.25, 0.3) is 10.0 Å². The van der Waals surface area contributed by atoms with Crippen LogP contribution in [0.3, 0.4) is 0 Å². The fraction of sp³-hybridized carbons (Fsp3) is 0.269. The van der Waals surface area contributed by atoms with Crippen LogP contribution in [0.1, 0.15) is 31.9 Å². The lowest BCUT2D eigenvalue weighted by atomic mass is 10.0. The summed E-state index contributed by atoms with van der Waals surface area (Å²) in [6, 6.07) is 22.8. The van der Waals surface area contributed by atoms with Gasteiger partial charge < -0.3 is 10.1 Å². The summed E-state index contributed by atoms with van der Waals surface area (Å²) in [5.74, 6) is 0.251. The van der Waals surface area contributed by atoms with Crippen molar-refractivity contribution in [2.24, 2.45) is 0 Å². The number of thioether (sulfide) groups is 1. The smallest absolute Gasteiger partial charge is 0.264 e. The minimum atomic E-state index is -3.98. The zero-order chi connectivity index (χ0) is 24.6. The van der Waals surface area contributed by atoms with Crippen molar-refractivity contribution < 1.29 is 17.9 Å². The zero-order valence-electron chi connectivity index (χ0n) is 19.6. The van der Waals surface area contributed by atoms with Gasteiger partial charge in [-0.25, -0.2) is 8.42 Å². The van der Waals surface area contributed by atoms with E-state index in [1.807, 2.05) is 50.4 Å². The third-order valence-corrected chi connectivity index (χ3v) is 7.85. The normalized spacial score (nSPS) is 12.1. The molecule has 0 aromatic heterocycles. The number of benzene rings is 3. The number of sulfonamides is 1. The minimum absolute atomic E-state index is 0.127. The average Bonchev–Trinajstić information content (AvgIpc) is 2.87. The highest BCUT2D eigenvalue weighted by Gasteiger charge is 2.28. The second kappa shape index (κ2) is 11.9. The molecule has 3 aromatic carbocycles. The molecule has 34 heavy (non-hydrogen) atoms. The van der Waals surface area contributed by atoms with E-state index in [1.54, 1.807) is 48.5 Å². The van der Waals surface area contributed by atoms with Crippen LogP contribution in [0.2, 0.25) is 0 Å². The summed E-state index contributed by atoms with van der Waals surface area (Å²) >= 11 is 1.53. The van der Waals surface area contributed by atoms with Crippen LogP contribution in [0, 0.1) is 0 Å². The largest absolute Gasteiger partial charge is 0.494 e. The quantitative estimate of drug-likeness (QED) is 0.365. The first-order chi connectivity index (χ1) is 16.4. The van der Waals surface area contributed by atoms with E-state index in [4.69, 9.17) is 4.74 Å². The van der Waals surface area contributed by atoms with E-state index in [9.17, 15) is 13.2 Å². The molecule has 0 saturated heterocycles. The van der Waals surface area contributed by atoms with Crippen LogP contribution in [0.4, 0.5) is 5.69 Å². The molecule has 0 saturated carbocycles. The highest BCUT2D eigenvalue weighted by molar-refractivity contribution is 7.98. The molecular formula is C26H30N2O4S2. The molecule has 1 amide bonds. The van der Waals surface area contributed by atoms with Crippen LogP contribution in [-0.2, 0) is 14.8 Å². The molecule has 0 aliphatic rings. The topological polar surface area (TPSA) is 75.7 Å². The average molecular weight is 499 g/mol. The number of nitrogens with one attached hydrogen (secondary N) is 1. The fourth-order valence-electron chi connectivity index (χ4n) is 3.54. The van der Waals surface area contributed by atoms with Crippen molar-refractivity contribution in [1.29, 1.82) is 0 Å². The maximum Gasteiger partial charge on any atom is 0.264 e. The minimum Gasteiger partial charge on any atom is -0.494 e. The summed E-state index contributed by atoms with van der Waals surface area (Å²) in [4.78, 5) is 14.2. The number of carbonyl (C=O) groups is 1. The highest BCUT2D eigenvalue weighted by Crippen LogP contribution is 2.27. The number of anilines is 1. The lowest BCUT2D eigenvalue weighted by molar-refractivity contribution is -0.120. The van der Waals surface area contributed by atoms with Crippen molar-refractivity contribution in [2.45, 2.75) is 36.1 Å². The van der Waals surface area contributed by atoms with Gasteiger partial charge in [-0.15, -0.1) is 11.8 Å². The molecule has 3 aromatic rings. The second-order valence-corrected chi connectivity index (χ2v) is 10.3. The first-order valence-electron chi connectivity index (χ1n) is 11.1. The Labute approximate surface area is 206 Å². The molecule has 180 valence electrons. The number of carbonyl (C=O) groups excluding carboxylic acids is 1. The molecular weight excluding hydrogens is 468 g/mol. The summed E-state index contributed by atoms with van der Waals surface area (Å²) in [5.41, 5.74) is 1.36. The van der Waals surface area contributed by atoms with E-state index in [2.05, 4.69) is 5.32 Å². The number of amides is 1. The SMILES string of the molecule is CCOc1ccc(N(CC(=O)N[C@@H](CC)c2ccccc2)S(=O)(=O)c2ccc(SC)cc2)cc1. The van der Waals surface area contributed by atoms with Gasteiger partial charge in [-0.05, 0) is 73.7 Å². The predicted molar refractivity (Wildman–Crippen MR) is 138 cm³/mol. The number of hydrogen-bond donors (Lipinski definition) is 1. The second-order valence-electron chi connectivity index (χ2n) is 7.55. The summed E-state index contributed by atoms with van der Waals surface area (Å²) in [5, 5.41) is 2.98. The molecule has 0 heterocycles. The van der Waals surface area contributed by atoms with E-state index in [1.165, 1.54) is 11.8 Å². The van der Waals surface area contributed by atoms with Gasteiger partial charge in [0, 0.05) is 4.90 Å². The van der Waals surface area contributed by atoms with Crippen molar-refractivity contribution in [1.82, 2.24) is 5.32 Å². The van der Waals surface area contributed by atoms with Gasteiger partial charge in [0.15, 0.2) is 0 Å². The molecule has 1 N–H and O–H groups in total.